The first-order valence-corrected chi connectivity index (χ1v) is 8.54. The Bertz CT molecular complexity index is 791. The van der Waals surface area contributed by atoms with Gasteiger partial charge >= 0.3 is 11.9 Å². The minimum atomic E-state index is -1.11. The topological polar surface area (TPSA) is 113 Å². The first kappa shape index (κ1) is 19.7. The van der Waals surface area contributed by atoms with Gasteiger partial charge in [-0.1, -0.05) is 30.0 Å². The first-order chi connectivity index (χ1) is 12.3. The summed E-state index contributed by atoms with van der Waals surface area (Å²) in [5.74, 6) is -1.89. The number of amides is 1. The average molecular weight is 397 g/mol. The second-order valence-corrected chi connectivity index (χ2v) is 6.75. The molecule has 0 aromatic heterocycles. The largest absolute Gasteiger partial charge is 0.493 e. The van der Waals surface area contributed by atoms with Crippen LogP contribution in [0, 0.1) is 0 Å². The number of hydrogen-bond donors (Lipinski definition) is 2. The third kappa shape index (κ3) is 4.96. The number of thiocarbonyl (C=S) groups is 1. The number of methoxy groups -OCH3 is 1. The molecule has 1 heterocycles. The van der Waals surface area contributed by atoms with Crippen molar-refractivity contribution in [3.63, 3.8) is 0 Å². The quantitative estimate of drug-likeness (QED) is 0.501. The van der Waals surface area contributed by atoms with Crippen LogP contribution < -0.4 is 9.47 Å². The van der Waals surface area contributed by atoms with Crippen molar-refractivity contribution in [1.29, 1.82) is 0 Å². The van der Waals surface area contributed by atoms with E-state index in [1.807, 2.05) is 0 Å². The lowest BCUT2D eigenvalue weighted by Gasteiger charge is -2.12. The molecule has 2 N–H and O–H groups in total. The normalized spacial score (nSPS) is 15.4. The van der Waals surface area contributed by atoms with E-state index in [4.69, 9.17) is 31.9 Å². The molecule has 2 rings (SSSR count). The predicted molar refractivity (Wildman–Crippen MR) is 98.3 cm³/mol. The maximum atomic E-state index is 12.4. The van der Waals surface area contributed by atoms with Crippen LogP contribution in [-0.4, -0.2) is 57.5 Å². The van der Waals surface area contributed by atoms with Gasteiger partial charge in [0, 0.05) is 6.54 Å². The Kier molecular flexibility index (Phi) is 6.58. The molecule has 1 saturated heterocycles. The second kappa shape index (κ2) is 8.68. The maximum Gasteiger partial charge on any atom is 0.341 e. The van der Waals surface area contributed by atoms with Crippen molar-refractivity contribution in [2.45, 2.75) is 6.42 Å². The number of carboxylic acids is 2. The number of rotatable bonds is 8. The fraction of sp³-hybridized carbons (Fsp3) is 0.250. The van der Waals surface area contributed by atoms with Gasteiger partial charge < -0.3 is 19.7 Å². The van der Waals surface area contributed by atoms with Crippen molar-refractivity contribution >= 4 is 52.2 Å². The van der Waals surface area contributed by atoms with Crippen molar-refractivity contribution in [3.05, 3.63) is 28.7 Å². The highest BCUT2D eigenvalue weighted by atomic mass is 32.2. The molecule has 0 aliphatic carbocycles. The second-order valence-electron chi connectivity index (χ2n) is 5.07. The van der Waals surface area contributed by atoms with E-state index in [2.05, 4.69) is 0 Å². The maximum absolute atomic E-state index is 12.4. The smallest absolute Gasteiger partial charge is 0.341 e. The molecule has 0 radical (unpaired) electrons. The molecule has 26 heavy (non-hydrogen) atoms. The fourth-order valence-electron chi connectivity index (χ4n) is 2.08. The Hall–Kier alpha value is -2.59. The number of hydrogen-bond acceptors (Lipinski definition) is 7. The molecule has 0 saturated carbocycles. The Morgan fingerprint density at radius 1 is 1.27 bits per heavy atom. The van der Waals surface area contributed by atoms with Gasteiger partial charge in [0.2, 0.25) is 0 Å². The van der Waals surface area contributed by atoms with Crippen LogP contribution in [0.25, 0.3) is 6.08 Å². The SMILES string of the molecule is COc1cc(C=C2SC(=S)N(CCC(=O)O)C2=O)ccc1OCC(=O)O. The first-order valence-electron chi connectivity index (χ1n) is 7.31. The van der Waals surface area contributed by atoms with Gasteiger partial charge in [-0.15, -0.1) is 0 Å². The van der Waals surface area contributed by atoms with Crippen molar-refractivity contribution in [3.8, 4) is 11.5 Å². The third-order valence-corrected chi connectivity index (χ3v) is 4.64. The van der Waals surface area contributed by atoms with E-state index < -0.39 is 18.5 Å². The zero-order valence-electron chi connectivity index (χ0n) is 13.6. The lowest BCUT2D eigenvalue weighted by molar-refractivity contribution is -0.139. The minimum Gasteiger partial charge on any atom is -0.493 e. The number of thioether (sulfide) groups is 1. The molecule has 1 aromatic rings. The predicted octanol–water partition coefficient (Wildman–Crippen LogP) is 1.83. The van der Waals surface area contributed by atoms with Crippen LogP contribution in [0.15, 0.2) is 23.1 Å². The van der Waals surface area contributed by atoms with Gasteiger partial charge in [0.25, 0.3) is 5.91 Å². The number of carbonyl (C=O) groups excluding carboxylic acids is 1. The van der Waals surface area contributed by atoms with E-state index in [-0.39, 0.29) is 24.6 Å². The van der Waals surface area contributed by atoms with Crippen molar-refractivity contribution < 1.29 is 34.1 Å². The Morgan fingerprint density at radius 2 is 2.00 bits per heavy atom. The molecule has 8 nitrogen and oxygen atoms in total. The fourth-order valence-corrected chi connectivity index (χ4v) is 3.39. The van der Waals surface area contributed by atoms with Crippen LogP contribution in [0.3, 0.4) is 0 Å². The molecule has 10 heteroatoms. The summed E-state index contributed by atoms with van der Waals surface area (Å²) in [6, 6.07) is 4.78. The van der Waals surface area contributed by atoms with Gasteiger partial charge in [0.05, 0.1) is 18.4 Å². The summed E-state index contributed by atoms with van der Waals surface area (Å²) >= 11 is 6.21. The Balaban J connectivity index is 2.18. The van der Waals surface area contributed by atoms with Crippen LogP contribution in [0.1, 0.15) is 12.0 Å². The van der Waals surface area contributed by atoms with E-state index in [0.29, 0.717) is 20.5 Å². The zero-order valence-corrected chi connectivity index (χ0v) is 15.3. The molecule has 0 bridgehead atoms. The summed E-state index contributed by atoms with van der Waals surface area (Å²) < 4.78 is 10.6. The third-order valence-electron chi connectivity index (χ3n) is 3.26. The average Bonchev–Trinajstić information content (AvgIpc) is 2.85. The van der Waals surface area contributed by atoms with Crippen molar-refractivity contribution in [2.24, 2.45) is 0 Å². The number of nitrogens with zero attached hydrogens (tertiary/aromatic N) is 1. The Labute approximate surface area is 158 Å². The number of ether oxygens (including phenoxy) is 2. The van der Waals surface area contributed by atoms with Crippen LogP contribution >= 0.6 is 24.0 Å². The molecule has 1 fully saturated rings. The van der Waals surface area contributed by atoms with Crippen LogP contribution in [0.5, 0.6) is 11.5 Å². The highest BCUT2D eigenvalue weighted by Crippen LogP contribution is 2.34. The van der Waals surface area contributed by atoms with Crippen molar-refractivity contribution in [2.75, 3.05) is 20.3 Å². The zero-order chi connectivity index (χ0) is 19.3. The molecule has 1 amide bonds. The van der Waals surface area contributed by atoms with E-state index in [0.717, 1.165) is 11.8 Å². The molecular formula is C16H15NO7S2. The highest BCUT2D eigenvalue weighted by Gasteiger charge is 2.32. The van der Waals surface area contributed by atoms with Crippen LogP contribution in [0.4, 0.5) is 0 Å². The standard InChI is InChI=1S/C16H15NO7S2/c1-23-11-6-9(2-3-10(11)24-8-14(20)21)7-12-15(22)17(16(25)26-12)5-4-13(18)19/h2-3,6-7H,4-5,8H2,1H3,(H,18,19)(H,20,21). The number of aliphatic carboxylic acids is 2. The number of carbonyl (C=O) groups is 3. The van der Waals surface area contributed by atoms with Gasteiger partial charge in [0.15, 0.2) is 18.1 Å². The summed E-state index contributed by atoms with van der Waals surface area (Å²) in [5.41, 5.74) is 0.628. The summed E-state index contributed by atoms with van der Waals surface area (Å²) in [7, 11) is 1.41. The summed E-state index contributed by atoms with van der Waals surface area (Å²) in [6.07, 6.45) is 1.41. The lowest BCUT2D eigenvalue weighted by Crippen LogP contribution is -2.30. The molecule has 0 spiro atoms. The number of benzene rings is 1. The monoisotopic (exact) mass is 397 g/mol. The van der Waals surface area contributed by atoms with Gasteiger partial charge in [-0.2, -0.15) is 0 Å². The molecule has 0 atom stereocenters. The molecular weight excluding hydrogens is 382 g/mol. The summed E-state index contributed by atoms with van der Waals surface area (Å²) in [5, 5.41) is 17.4. The summed E-state index contributed by atoms with van der Waals surface area (Å²) in [4.78, 5) is 35.2. The molecule has 138 valence electrons. The van der Waals surface area contributed by atoms with Gasteiger partial charge in [-0.25, -0.2) is 4.79 Å². The van der Waals surface area contributed by atoms with Gasteiger partial charge in [0.1, 0.15) is 4.32 Å². The highest BCUT2D eigenvalue weighted by molar-refractivity contribution is 8.26. The van der Waals surface area contributed by atoms with Gasteiger partial charge in [-0.3, -0.25) is 14.5 Å². The summed E-state index contributed by atoms with van der Waals surface area (Å²) in [6.45, 7) is -0.486. The molecule has 1 aromatic carbocycles. The van der Waals surface area contributed by atoms with Crippen molar-refractivity contribution in [1.82, 2.24) is 4.90 Å². The van der Waals surface area contributed by atoms with E-state index in [1.165, 1.54) is 12.0 Å². The van der Waals surface area contributed by atoms with Gasteiger partial charge in [-0.05, 0) is 23.8 Å². The Morgan fingerprint density at radius 3 is 2.62 bits per heavy atom. The molecule has 1 aliphatic rings. The van der Waals surface area contributed by atoms with E-state index in [1.54, 1.807) is 24.3 Å². The molecule has 1 aliphatic heterocycles. The van der Waals surface area contributed by atoms with E-state index in [9.17, 15) is 14.4 Å². The molecule has 0 unspecified atom stereocenters. The minimum absolute atomic E-state index is 0.0165. The number of carboxylic acid groups (broad SMARTS) is 2. The van der Waals surface area contributed by atoms with E-state index >= 15 is 0 Å². The lowest BCUT2D eigenvalue weighted by atomic mass is 10.2. The van der Waals surface area contributed by atoms with Crippen LogP contribution in [0.2, 0.25) is 0 Å². The van der Waals surface area contributed by atoms with Crippen LogP contribution in [-0.2, 0) is 14.4 Å².